The van der Waals surface area contributed by atoms with Crippen molar-refractivity contribution in [2.75, 3.05) is 13.2 Å². The zero-order valence-electron chi connectivity index (χ0n) is 14.1. The molecule has 2 rings (SSSR count). The summed E-state index contributed by atoms with van der Waals surface area (Å²) < 4.78 is 0. The Morgan fingerprint density at radius 2 is 1.71 bits per heavy atom. The van der Waals surface area contributed by atoms with Crippen LogP contribution in [0.2, 0.25) is 0 Å². The van der Waals surface area contributed by atoms with Gasteiger partial charge in [-0.25, -0.2) is 0 Å². The van der Waals surface area contributed by atoms with Crippen LogP contribution in [0.4, 0.5) is 0 Å². The molecule has 2 aliphatic rings. The van der Waals surface area contributed by atoms with Crippen molar-refractivity contribution in [3.63, 3.8) is 0 Å². The van der Waals surface area contributed by atoms with Crippen molar-refractivity contribution in [3.05, 3.63) is 0 Å². The van der Waals surface area contributed by atoms with Gasteiger partial charge in [0.25, 0.3) is 0 Å². The van der Waals surface area contributed by atoms with Gasteiger partial charge in [0.15, 0.2) is 0 Å². The molecule has 4 nitrogen and oxygen atoms in total. The molecule has 0 radical (unpaired) electrons. The molecule has 0 bridgehead atoms. The molecule has 0 aromatic rings. The summed E-state index contributed by atoms with van der Waals surface area (Å²) in [5.74, 6) is 0.916. The Hall–Kier alpha value is -0.610. The summed E-state index contributed by atoms with van der Waals surface area (Å²) in [7, 11) is 0. The highest BCUT2D eigenvalue weighted by Gasteiger charge is 2.36. The molecule has 1 heterocycles. The van der Waals surface area contributed by atoms with Gasteiger partial charge in [-0.15, -0.1) is 0 Å². The van der Waals surface area contributed by atoms with Crippen molar-refractivity contribution >= 4 is 5.91 Å². The van der Waals surface area contributed by atoms with Gasteiger partial charge in [0.2, 0.25) is 5.91 Å². The Morgan fingerprint density at radius 3 is 2.10 bits per heavy atom. The van der Waals surface area contributed by atoms with Crippen molar-refractivity contribution in [1.29, 1.82) is 0 Å². The van der Waals surface area contributed by atoms with Gasteiger partial charge in [0.05, 0.1) is 0 Å². The summed E-state index contributed by atoms with van der Waals surface area (Å²) >= 11 is 0. The molecule has 1 saturated carbocycles. The topological polar surface area (TPSA) is 69.6 Å². The molecule has 0 aromatic heterocycles. The van der Waals surface area contributed by atoms with Gasteiger partial charge >= 0.3 is 0 Å². The first-order valence-electron chi connectivity index (χ1n) is 8.23. The molecule has 124 valence electrons. The molecule has 0 aromatic carbocycles. The third-order valence-corrected chi connectivity index (χ3v) is 4.67. The van der Waals surface area contributed by atoms with Crippen LogP contribution >= 0.6 is 0 Å². The quantitative estimate of drug-likeness (QED) is 0.747. The normalized spacial score (nSPS) is 29.7. The summed E-state index contributed by atoms with van der Waals surface area (Å²) in [5.41, 5.74) is 0.483. The van der Waals surface area contributed by atoms with Gasteiger partial charge in [-0.1, -0.05) is 13.8 Å². The van der Waals surface area contributed by atoms with Gasteiger partial charge in [-0.2, -0.15) is 0 Å². The lowest BCUT2D eigenvalue weighted by Crippen LogP contribution is -2.34. The van der Waals surface area contributed by atoms with Crippen LogP contribution in [0.1, 0.15) is 66.2 Å². The molecule has 3 N–H and O–H groups in total. The third kappa shape index (κ3) is 6.35. The summed E-state index contributed by atoms with van der Waals surface area (Å²) in [5, 5.41) is 20.2. The molecular formula is C17H33NO3. The van der Waals surface area contributed by atoms with Gasteiger partial charge < -0.3 is 15.5 Å². The zero-order chi connectivity index (χ0) is 16.1. The largest absolute Gasteiger partial charge is 0.396 e. The first-order chi connectivity index (χ1) is 9.69. The lowest BCUT2D eigenvalue weighted by Gasteiger charge is -2.16. The molecular weight excluding hydrogens is 266 g/mol. The van der Waals surface area contributed by atoms with E-state index in [0.29, 0.717) is 18.4 Å². The molecule has 4 heteroatoms. The number of rotatable bonds is 4. The highest BCUT2D eigenvalue weighted by molar-refractivity contribution is 5.81. The zero-order valence-corrected chi connectivity index (χ0v) is 14.1. The maximum absolute atomic E-state index is 11.2. The fourth-order valence-electron chi connectivity index (χ4n) is 3.59. The monoisotopic (exact) mass is 299 g/mol. The lowest BCUT2D eigenvalue weighted by atomic mass is 9.90. The SMILES string of the molecule is CC1(C)CC(CCO)C(=O)N1.CC1(C)CCC(CCO)C1. The molecule has 1 aliphatic carbocycles. The fourth-order valence-corrected chi connectivity index (χ4v) is 3.59. The molecule has 1 saturated heterocycles. The van der Waals surface area contributed by atoms with E-state index in [1.807, 2.05) is 13.8 Å². The Kier molecular flexibility index (Phi) is 6.67. The van der Waals surface area contributed by atoms with Gasteiger partial charge in [0, 0.05) is 24.7 Å². The average molecular weight is 299 g/mol. The number of hydrogen-bond acceptors (Lipinski definition) is 3. The predicted molar refractivity (Wildman–Crippen MR) is 84.9 cm³/mol. The van der Waals surface area contributed by atoms with Crippen LogP contribution < -0.4 is 5.32 Å². The molecule has 2 fully saturated rings. The number of carbonyl (C=O) groups excluding carboxylic acids is 1. The Bertz CT molecular complexity index is 339. The van der Waals surface area contributed by atoms with Crippen LogP contribution in [-0.4, -0.2) is 34.9 Å². The Balaban J connectivity index is 0.000000211. The van der Waals surface area contributed by atoms with Crippen LogP contribution in [0, 0.1) is 17.3 Å². The van der Waals surface area contributed by atoms with Crippen molar-refractivity contribution in [3.8, 4) is 0 Å². The third-order valence-electron chi connectivity index (χ3n) is 4.67. The molecule has 2 unspecified atom stereocenters. The van der Waals surface area contributed by atoms with E-state index in [1.54, 1.807) is 0 Å². The Morgan fingerprint density at radius 1 is 1.10 bits per heavy atom. The van der Waals surface area contributed by atoms with Crippen LogP contribution in [0.5, 0.6) is 0 Å². The minimum absolute atomic E-state index is 0.0231. The number of hydrogen-bond donors (Lipinski definition) is 3. The molecule has 21 heavy (non-hydrogen) atoms. The van der Waals surface area contributed by atoms with Crippen LogP contribution in [-0.2, 0) is 4.79 Å². The second-order valence-electron chi connectivity index (χ2n) is 8.07. The molecule has 0 spiro atoms. The van der Waals surface area contributed by atoms with E-state index in [-0.39, 0.29) is 24.0 Å². The summed E-state index contributed by atoms with van der Waals surface area (Å²) in [6, 6.07) is 0. The standard InChI is InChI=1S/C9H18O.C8H15NO2/c1-9(2)5-3-8(7-9)4-6-10;1-8(2)5-6(3-4-10)7(11)9-8/h8,10H,3-7H2,1-2H3;6,10H,3-5H2,1-2H3,(H,9,11). The number of amides is 1. The summed E-state index contributed by atoms with van der Waals surface area (Å²) in [4.78, 5) is 11.2. The maximum atomic E-state index is 11.2. The minimum atomic E-state index is -0.0725. The summed E-state index contributed by atoms with van der Waals surface area (Å²) in [6.07, 6.45) is 6.43. The van der Waals surface area contributed by atoms with E-state index < -0.39 is 0 Å². The van der Waals surface area contributed by atoms with E-state index >= 15 is 0 Å². The molecule has 2 atom stereocenters. The predicted octanol–water partition coefficient (Wildman–Crippen LogP) is 2.48. The number of nitrogens with one attached hydrogen (secondary N) is 1. The number of carbonyl (C=O) groups is 1. The average Bonchev–Trinajstić information content (AvgIpc) is 2.80. The van der Waals surface area contributed by atoms with E-state index in [9.17, 15) is 4.79 Å². The Labute approximate surface area is 129 Å². The highest BCUT2D eigenvalue weighted by atomic mass is 16.3. The van der Waals surface area contributed by atoms with E-state index in [1.165, 1.54) is 19.3 Å². The smallest absolute Gasteiger partial charge is 0.223 e. The number of aliphatic hydroxyl groups excluding tert-OH is 2. The van der Waals surface area contributed by atoms with Crippen LogP contribution in [0.3, 0.4) is 0 Å². The van der Waals surface area contributed by atoms with Crippen molar-refractivity contribution in [1.82, 2.24) is 5.32 Å². The highest BCUT2D eigenvalue weighted by Crippen LogP contribution is 2.41. The maximum Gasteiger partial charge on any atom is 0.223 e. The van der Waals surface area contributed by atoms with Crippen LogP contribution in [0.25, 0.3) is 0 Å². The molecule has 1 aliphatic heterocycles. The second-order valence-corrected chi connectivity index (χ2v) is 8.07. The van der Waals surface area contributed by atoms with Crippen molar-refractivity contribution in [2.45, 2.75) is 71.8 Å². The van der Waals surface area contributed by atoms with Crippen molar-refractivity contribution < 1.29 is 15.0 Å². The molecule has 1 amide bonds. The van der Waals surface area contributed by atoms with Gasteiger partial charge in [0.1, 0.15) is 0 Å². The lowest BCUT2D eigenvalue weighted by molar-refractivity contribution is -0.123. The van der Waals surface area contributed by atoms with Gasteiger partial charge in [-0.05, 0) is 63.7 Å². The van der Waals surface area contributed by atoms with Crippen LogP contribution in [0.15, 0.2) is 0 Å². The fraction of sp³-hybridized carbons (Fsp3) is 0.941. The van der Waals surface area contributed by atoms with E-state index in [0.717, 1.165) is 18.8 Å². The first-order valence-corrected chi connectivity index (χ1v) is 8.23. The van der Waals surface area contributed by atoms with E-state index in [2.05, 4.69) is 19.2 Å². The second kappa shape index (κ2) is 7.59. The number of aliphatic hydroxyl groups is 2. The summed E-state index contributed by atoms with van der Waals surface area (Å²) in [6.45, 7) is 9.13. The van der Waals surface area contributed by atoms with E-state index in [4.69, 9.17) is 10.2 Å². The minimum Gasteiger partial charge on any atom is -0.396 e. The first kappa shape index (κ1) is 18.4. The van der Waals surface area contributed by atoms with Gasteiger partial charge in [-0.3, -0.25) is 4.79 Å². The van der Waals surface area contributed by atoms with Crippen molar-refractivity contribution in [2.24, 2.45) is 17.3 Å².